The van der Waals surface area contributed by atoms with Crippen LogP contribution in [0.25, 0.3) is 106 Å². The van der Waals surface area contributed by atoms with E-state index in [9.17, 15) is 0 Å². The van der Waals surface area contributed by atoms with Gasteiger partial charge in [0.1, 0.15) is 11.2 Å². The third-order valence-electron chi connectivity index (χ3n) is 10.7. The van der Waals surface area contributed by atoms with Gasteiger partial charge in [-0.3, -0.25) is 0 Å². The first-order chi connectivity index (χ1) is 27.7. The summed E-state index contributed by atoms with van der Waals surface area (Å²) in [5, 5.41) is 4.40. The van der Waals surface area contributed by atoms with Gasteiger partial charge in [-0.1, -0.05) is 146 Å². The van der Waals surface area contributed by atoms with E-state index in [1.165, 1.54) is 16.5 Å². The molecule has 262 valence electrons. The molecule has 0 unspecified atom stereocenters. The molecule has 11 aromatic rings. The summed E-state index contributed by atoms with van der Waals surface area (Å²) >= 11 is 0. The lowest BCUT2D eigenvalue weighted by Crippen LogP contribution is -2.00. The topological polar surface area (TPSA) is 56.7 Å². The summed E-state index contributed by atoms with van der Waals surface area (Å²) in [5.41, 5.74) is 12.4. The maximum absolute atomic E-state index is 6.60. The molecule has 5 heteroatoms. The molecule has 0 N–H and O–H groups in total. The Morgan fingerprint density at radius 2 is 0.857 bits per heavy atom. The molecule has 5 nitrogen and oxygen atoms in total. The van der Waals surface area contributed by atoms with Crippen molar-refractivity contribution < 1.29 is 4.42 Å². The predicted octanol–water partition coefficient (Wildman–Crippen LogP) is 13.2. The molecule has 8 aromatic carbocycles. The molecule has 0 fully saturated rings. The van der Waals surface area contributed by atoms with Gasteiger partial charge in [0.05, 0.1) is 16.4 Å². The van der Waals surface area contributed by atoms with Crippen LogP contribution < -0.4 is 0 Å². The van der Waals surface area contributed by atoms with E-state index in [1.54, 1.807) is 0 Å². The third-order valence-corrected chi connectivity index (χ3v) is 10.7. The fraction of sp³-hybridized carbons (Fsp3) is 0. The molecule has 0 radical (unpaired) electrons. The van der Waals surface area contributed by atoms with Crippen LogP contribution in [-0.2, 0) is 0 Å². The zero-order chi connectivity index (χ0) is 37.0. The second kappa shape index (κ2) is 13.0. The van der Waals surface area contributed by atoms with E-state index in [-0.39, 0.29) is 0 Å². The first-order valence-electron chi connectivity index (χ1n) is 18.8. The molecular weight excluding hydrogens is 685 g/mol. The molecule has 3 heterocycles. The average molecular weight is 717 g/mol. The fourth-order valence-electron chi connectivity index (χ4n) is 7.97. The van der Waals surface area contributed by atoms with Crippen molar-refractivity contribution in [3.8, 4) is 62.1 Å². The van der Waals surface area contributed by atoms with Gasteiger partial charge in [0.15, 0.2) is 17.5 Å². The van der Waals surface area contributed by atoms with Crippen molar-refractivity contribution in [2.45, 2.75) is 0 Å². The highest BCUT2D eigenvalue weighted by atomic mass is 16.3. The standard InChI is InChI=1S/C51H32N4O/c1-4-13-33(14-5-1)34-23-25-35(26-24-34)38-19-12-20-40(31-38)55-44-22-11-10-21-41(44)42-28-30-46-47(48(42)55)43-32-39(27-29-45(43)56-46)51-53-49(36-15-6-2-7-16-36)52-50(54-51)37-17-8-3-9-18-37/h1-32H. The number of hydrogen-bond acceptors (Lipinski definition) is 4. The molecule has 0 aliphatic carbocycles. The Hall–Kier alpha value is -7.63. The normalized spacial score (nSPS) is 11.6. The maximum atomic E-state index is 6.60. The molecule has 0 saturated carbocycles. The largest absolute Gasteiger partial charge is 0.456 e. The second-order valence-corrected chi connectivity index (χ2v) is 14.0. The SMILES string of the molecule is c1ccc(-c2ccc(-c3cccc(-n4c5ccccc5c5ccc6oc7ccc(-c8nc(-c9ccccc9)nc(-c9ccccc9)n8)cc7c6c54)c3)cc2)cc1. The molecule has 0 atom stereocenters. The summed E-state index contributed by atoms with van der Waals surface area (Å²) in [7, 11) is 0. The highest BCUT2D eigenvalue weighted by molar-refractivity contribution is 6.24. The minimum Gasteiger partial charge on any atom is -0.456 e. The summed E-state index contributed by atoms with van der Waals surface area (Å²) in [5.74, 6) is 1.86. The Bertz CT molecular complexity index is 3160. The van der Waals surface area contributed by atoms with E-state index < -0.39 is 0 Å². The molecule has 0 aliphatic rings. The van der Waals surface area contributed by atoms with E-state index in [0.717, 1.165) is 71.9 Å². The van der Waals surface area contributed by atoms with Crippen LogP contribution >= 0.6 is 0 Å². The molecule has 0 spiro atoms. The van der Waals surface area contributed by atoms with Gasteiger partial charge in [-0.15, -0.1) is 0 Å². The molecular formula is C51H32N4O. The Morgan fingerprint density at radius 1 is 0.339 bits per heavy atom. The highest BCUT2D eigenvalue weighted by Crippen LogP contribution is 2.42. The summed E-state index contributed by atoms with van der Waals surface area (Å²) in [6.45, 7) is 0. The van der Waals surface area contributed by atoms with Crippen molar-refractivity contribution in [3.63, 3.8) is 0 Å². The number of hydrogen-bond donors (Lipinski definition) is 0. The smallest absolute Gasteiger partial charge is 0.164 e. The number of para-hydroxylation sites is 1. The van der Waals surface area contributed by atoms with Gasteiger partial charge < -0.3 is 8.98 Å². The Kier molecular flexibility index (Phi) is 7.42. The van der Waals surface area contributed by atoms with Gasteiger partial charge >= 0.3 is 0 Å². The molecule has 0 saturated heterocycles. The maximum Gasteiger partial charge on any atom is 0.164 e. The van der Waals surface area contributed by atoms with Gasteiger partial charge in [-0.25, -0.2) is 15.0 Å². The summed E-state index contributed by atoms with van der Waals surface area (Å²) < 4.78 is 8.99. The predicted molar refractivity (Wildman–Crippen MR) is 229 cm³/mol. The fourth-order valence-corrected chi connectivity index (χ4v) is 7.97. The lowest BCUT2D eigenvalue weighted by atomic mass is 10.00. The number of furan rings is 1. The monoisotopic (exact) mass is 716 g/mol. The third kappa shape index (κ3) is 5.37. The van der Waals surface area contributed by atoms with Crippen LogP contribution in [0, 0.1) is 0 Å². The Balaban J connectivity index is 1.11. The minimum atomic E-state index is 0.604. The zero-order valence-electron chi connectivity index (χ0n) is 30.2. The van der Waals surface area contributed by atoms with E-state index in [1.807, 2.05) is 72.8 Å². The van der Waals surface area contributed by atoms with Crippen LogP contribution in [0.1, 0.15) is 0 Å². The van der Waals surface area contributed by atoms with E-state index in [2.05, 4.69) is 126 Å². The number of nitrogens with zero attached hydrogens (tertiary/aromatic N) is 4. The first kappa shape index (κ1) is 31.9. The van der Waals surface area contributed by atoms with Crippen molar-refractivity contribution in [1.82, 2.24) is 19.5 Å². The van der Waals surface area contributed by atoms with Gasteiger partial charge in [0, 0.05) is 38.5 Å². The summed E-state index contributed by atoms with van der Waals surface area (Å²) in [6, 6.07) is 67.5. The van der Waals surface area contributed by atoms with Crippen molar-refractivity contribution in [1.29, 1.82) is 0 Å². The second-order valence-electron chi connectivity index (χ2n) is 14.0. The van der Waals surface area contributed by atoms with Crippen LogP contribution in [0.15, 0.2) is 199 Å². The van der Waals surface area contributed by atoms with Gasteiger partial charge in [-0.2, -0.15) is 0 Å². The average Bonchev–Trinajstić information content (AvgIpc) is 3.83. The van der Waals surface area contributed by atoms with Gasteiger partial charge in [0.25, 0.3) is 0 Å². The number of fused-ring (bicyclic) bond motifs is 7. The van der Waals surface area contributed by atoms with Gasteiger partial charge in [0.2, 0.25) is 0 Å². The van der Waals surface area contributed by atoms with Crippen LogP contribution in [0.5, 0.6) is 0 Å². The molecule has 0 bridgehead atoms. The van der Waals surface area contributed by atoms with Crippen molar-refractivity contribution in [2.75, 3.05) is 0 Å². The van der Waals surface area contributed by atoms with Crippen molar-refractivity contribution >= 4 is 43.7 Å². The summed E-state index contributed by atoms with van der Waals surface area (Å²) in [6.07, 6.45) is 0. The minimum absolute atomic E-state index is 0.604. The van der Waals surface area contributed by atoms with Gasteiger partial charge in [-0.05, 0) is 70.8 Å². The number of aromatic nitrogens is 4. The first-order valence-corrected chi connectivity index (χ1v) is 18.8. The molecule has 56 heavy (non-hydrogen) atoms. The lowest BCUT2D eigenvalue weighted by molar-refractivity contribution is 0.669. The lowest BCUT2D eigenvalue weighted by Gasteiger charge is -2.12. The van der Waals surface area contributed by atoms with Crippen molar-refractivity contribution in [2.24, 2.45) is 0 Å². The van der Waals surface area contributed by atoms with Crippen LogP contribution in [-0.4, -0.2) is 19.5 Å². The number of rotatable bonds is 6. The zero-order valence-corrected chi connectivity index (χ0v) is 30.2. The molecule has 0 amide bonds. The van der Waals surface area contributed by atoms with E-state index in [4.69, 9.17) is 19.4 Å². The van der Waals surface area contributed by atoms with E-state index >= 15 is 0 Å². The Labute approximate surface area is 322 Å². The molecule has 3 aromatic heterocycles. The van der Waals surface area contributed by atoms with Crippen LogP contribution in [0.4, 0.5) is 0 Å². The Morgan fingerprint density at radius 3 is 1.54 bits per heavy atom. The number of benzene rings is 8. The van der Waals surface area contributed by atoms with Crippen LogP contribution in [0.3, 0.4) is 0 Å². The van der Waals surface area contributed by atoms with E-state index in [0.29, 0.717) is 17.5 Å². The molecule has 11 rings (SSSR count). The molecule has 0 aliphatic heterocycles. The highest BCUT2D eigenvalue weighted by Gasteiger charge is 2.21. The van der Waals surface area contributed by atoms with Crippen molar-refractivity contribution in [3.05, 3.63) is 194 Å². The summed E-state index contributed by atoms with van der Waals surface area (Å²) in [4.78, 5) is 15.0. The van der Waals surface area contributed by atoms with Crippen LogP contribution in [0.2, 0.25) is 0 Å². The quantitative estimate of drug-likeness (QED) is 0.172.